The summed E-state index contributed by atoms with van der Waals surface area (Å²) in [6.45, 7) is 2.08. The van der Waals surface area contributed by atoms with Gasteiger partial charge >= 0.3 is 0 Å². The lowest BCUT2D eigenvalue weighted by Crippen LogP contribution is -2.11. The van der Waals surface area contributed by atoms with Gasteiger partial charge in [0, 0.05) is 16.1 Å². The Morgan fingerprint density at radius 3 is 2.65 bits per heavy atom. The molecule has 0 saturated carbocycles. The van der Waals surface area contributed by atoms with Gasteiger partial charge in [-0.05, 0) is 47.2 Å². The quantitative estimate of drug-likeness (QED) is 0.403. The number of nitrogen functional groups attached to an aromatic ring is 1. The maximum absolute atomic E-state index is 6.20. The van der Waals surface area contributed by atoms with Crippen molar-refractivity contribution in [2.24, 2.45) is 5.84 Å². The Bertz CT molecular complexity index is 605. The summed E-state index contributed by atoms with van der Waals surface area (Å²) < 4.78 is 1.08. The van der Waals surface area contributed by atoms with Crippen molar-refractivity contribution in [1.29, 1.82) is 0 Å². The Balaban J connectivity index is 2.29. The number of nitrogens with two attached hydrogens (primary N) is 1. The molecule has 0 atom stereocenters. The van der Waals surface area contributed by atoms with E-state index in [0.29, 0.717) is 16.7 Å². The monoisotopic (exact) mass is 403 g/mol. The molecule has 106 valence electrons. The van der Waals surface area contributed by atoms with Crippen LogP contribution in [0.15, 0.2) is 24.3 Å². The number of hydrogen-bond donors (Lipinski definition) is 3. The Morgan fingerprint density at radius 1 is 1.25 bits per heavy atom. The van der Waals surface area contributed by atoms with Gasteiger partial charge in [0.25, 0.3) is 0 Å². The Morgan fingerprint density at radius 2 is 2.00 bits per heavy atom. The summed E-state index contributed by atoms with van der Waals surface area (Å²) in [6.07, 6.45) is 1.77. The highest BCUT2D eigenvalue weighted by Crippen LogP contribution is 2.27. The van der Waals surface area contributed by atoms with Gasteiger partial charge in [0.1, 0.15) is 17.5 Å². The third kappa shape index (κ3) is 3.94. The number of nitrogens with zero attached hydrogens (tertiary/aromatic N) is 2. The molecular formula is C13H15ClIN5. The number of rotatable bonds is 5. The van der Waals surface area contributed by atoms with Crippen LogP contribution in [0, 0.1) is 3.57 Å². The number of hydrogen-bond acceptors (Lipinski definition) is 5. The summed E-state index contributed by atoms with van der Waals surface area (Å²) >= 11 is 8.42. The van der Waals surface area contributed by atoms with E-state index in [0.717, 1.165) is 27.9 Å². The second-order valence-electron chi connectivity index (χ2n) is 4.20. The van der Waals surface area contributed by atoms with E-state index < -0.39 is 0 Å². The highest BCUT2D eigenvalue weighted by atomic mass is 127. The van der Waals surface area contributed by atoms with Gasteiger partial charge in [-0.15, -0.1) is 0 Å². The summed E-state index contributed by atoms with van der Waals surface area (Å²) in [5.41, 5.74) is 3.35. The summed E-state index contributed by atoms with van der Waals surface area (Å²) in [6, 6.07) is 7.53. The number of nitrogens with one attached hydrogen (secondary N) is 2. The maximum Gasteiger partial charge on any atom is 0.145 e. The molecule has 7 heteroatoms. The molecular weight excluding hydrogens is 389 g/mol. The molecule has 1 heterocycles. The molecule has 20 heavy (non-hydrogen) atoms. The predicted molar refractivity (Wildman–Crippen MR) is 91.3 cm³/mol. The molecule has 0 aliphatic rings. The number of hydrazine groups is 1. The van der Waals surface area contributed by atoms with Gasteiger partial charge in [-0.3, -0.25) is 0 Å². The molecule has 0 spiro atoms. The van der Waals surface area contributed by atoms with Gasteiger partial charge < -0.3 is 10.7 Å². The van der Waals surface area contributed by atoms with Crippen LogP contribution in [0.4, 0.5) is 17.3 Å². The van der Waals surface area contributed by atoms with Gasteiger partial charge in [0.15, 0.2) is 0 Å². The second kappa shape index (κ2) is 7.05. The van der Waals surface area contributed by atoms with Crippen molar-refractivity contribution in [2.45, 2.75) is 19.8 Å². The van der Waals surface area contributed by atoms with E-state index >= 15 is 0 Å². The lowest BCUT2D eigenvalue weighted by atomic mass is 10.3. The number of aromatic nitrogens is 2. The molecule has 0 bridgehead atoms. The van der Waals surface area contributed by atoms with Crippen LogP contribution in [0.1, 0.15) is 19.2 Å². The zero-order valence-corrected chi connectivity index (χ0v) is 13.9. The van der Waals surface area contributed by atoms with Crippen molar-refractivity contribution in [3.05, 3.63) is 38.7 Å². The van der Waals surface area contributed by atoms with Crippen LogP contribution < -0.4 is 16.6 Å². The molecule has 0 aliphatic heterocycles. The minimum Gasteiger partial charge on any atom is -0.339 e. The summed E-state index contributed by atoms with van der Waals surface area (Å²) in [7, 11) is 0. The SMILES string of the molecule is CCCc1nc(NN)cc(Nc2ccc(I)cc2Cl)n1. The van der Waals surface area contributed by atoms with Crippen molar-refractivity contribution in [1.82, 2.24) is 9.97 Å². The lowest BCUT2D eigenvalue weighted by molar-refractivity contribution is 0.837. The molecule has 0 aliphatic carbocycles. The highest BCUT2D eigenvalue weighted by Gasteiger charge is 2.06. The van der Waals surface area contributed by atoms with Crippen molar-refractivity contribution in [3.8, 4) is 0 Å². The molecule has 0 radical (unpaired) electrons. The minimum atomic E-state index is 0.576. The molecule has 1 aromatic carbocycles. The molecule has 2 rings (SSSR count). The van der Waals surface area contributed by atoms with Crippen LogP contribution in [0.25, 0.3) is 0 Å². The van der Waals surface area contributed by atoms with E-state index in [1.165, 1.54) is 0 Å². The largest absolute Gasteiger partial charge is 0.339 e. The van der Waals surface area contributed by atoms with Crippen LogP contribution in [-0.2, 0) is 6.42 Å². The molecule has 0 saturated heterocycles. The first-order valence-electron chi connectivity index (χ1n) is 6.19. The van der Waals surface area contributed by atoms with Crippen LogP contribution in [0.3, 0.4) is 0 Å². The number of anilines is 3. The fourth-order valence-corrected chi connectivity index (χ4v) is 2.60. The van der Waals surface area contributed by atoms with E-state index in [1.54, 1.807) is 6.07 Å². The fraction of sp³-hybridized carbons (Fsp3) is 0.231. The third-order valence-electron chi connectivity index (χ3n) is 2.59. The first-order chi connectivity index (χ1) is 9.62. The highest BCUT2D eigenvalue weighted by molar-refractivity contribution is 14.1. The molecule has 5 nitrogen and oxygen atoms in total. The lowest BCUT2D eigenvalue weighted by Gasteiger charge is -2.11. The third-order valence-corrected chi connectivity index (χ3v) is 3.57. The molecule has 0 unspecified atom stereocenters. The van der Waals surface area contributed by atoms with E-state index in [1.807, 2.05) is 18.2 Å². The zero-order chi connectivity index (χ0) is 14.5. The van der Waals surface area contributed by atoms with Crippen LogP contribution in [0.5, 0.6) is 0 Å². The molecule has 0 fully saturated rings. The Labute approximate surface area is 136 Å². The number of aryl methyl sites for hydroxylation is 1. The fourth-order valence-electron chi connectivity index (χ4n) is 1.70. The van der Waals surface area contributed by atoms with Crippen molar-refractivity contribution >= 4 is 51.5 Å². The molecule has 2 aromatic rings. The van der Waals surface area contributed by atoms with Gasteiger partial charge in [-0.25, -0.2) is 15.8 Å². The van der Waals surface area contributed by atoms with E-state index in [4.69, 9.17) is 17.4 Å². The first-order valence-corrected chi connectivity index (χ1v) is 7.64. The number of halogens is 2. The summed E-state index contributed by atoms with van der Waals surface area (Å²) in [5.74, 6) is 7.42. The molecule has 1 aromatic heterocycles. The average molecular weight is 404 g/mol. The van der Waals surface area contributed by atoms with Crippen LogP contribution in [-0.4, -0.2) is 9.97 Å². The minimum absolute atomic E-state index is 0.576. The Hall–Kier alpha value is -1.12. The van der Waals surface area contributed by atoms with Gasteiger partial charge in [-0.1, -0.05) is 18.5 Å². The molecule has 4 N–H and O–H groups in total. The van der Waals surface area contributed by atoms with Gasteiger partial charge in [0.2, 0.25) is 0 Å². The molecule has 0 amide bonds. The normalized spacial score (nSPS) is 10.4. The zero-order valence-electron chi connectivity index (χ0n) is 11.0. The predicted octanol–water partition coefficient (Wildman–Crippen LogP) is 3.72. The van der Waals surface area contributed by atoms with Crippen molar-refractivity contribution in [3.63, 3.8) is 0 Å². The van der Waals surface area contributed by atoms with E-state index in [-0.39, 0.29) is 0 Å². The van der Waals surface area contributed by atoms with Crippen LogP contribution in [0.2, 0.25) is 5.02 Å². The average Bonchev–Trinajstić information content (AvgIpc) is 2.42. The topological polar surface area (TPSA) is 75.9 Å². The van der Waals surface area contributed by atoms with Gasteiger partial charge in [-0.2, -0.15) is 0 Å². The summed E-state index contributed by atoms with van der Waals surface area (Å²) in [5, 5.41) is 3.84. The van der Waals surface area contributed by atoms with Crippen molar-refractivity contribution in [2.75, 3.05) is 10.7 Å². The van der Waals surface area contributed by atoms with Crippen LogP contribution >= 0.6 is 34.2 Å². The van der Waals surface area contributed by atoms with Gasteiger partial charge in [0.05, 0.1) is 10.7 Å². The Kier molecular flexibility index (Phi) is 5.38. The standard InChI is InChI=1S/C13H15ClIN5/c1-2-3-11-18-12(7-13(19-11)20-16)17-10-5-4-8(15)6-9(10)14/h4-7H,2-3,16H2,1H3,(H2,17,18,19,20). The smallest absolute Gasteiger partial charge is 0.145 e. The first kappa shape index (κ1) is 15.3. The van der Waals surface area contributed by atoms with Crippen molar-refractivity contribution < 1.29 is 0 Å². The van der Waals surface area contributed by atoms with E-state index in [9.17, 15) is 0 Å². The summed E-state index contributed by atoms with van der Waals surface area (Å²) in [4.78, 5) is 8.75. The number of benzene rings is 1. The maximum atomic E-state index is 6.20. The van der Waals surface area contributed by atoms with E-state index in [2.05, 4.69) is 50.2 Å². The second-order valence-corrected chi connectivity index (χ2v) is 5.85.